The van der Waals surface area contributed by atoms with Crippen LogP contribution in [0.15, 0.2) is 48.5 Å². The average Bonchev–Trinajstić information content (AvgIpc) is 3.52. The SMILES string of the molecule is CC(C)C(=O)Nc1ccc(O)c(-c2cc(C3CC3)n(C(=O)NCc3ccc(F)cc3)n2)c1. The summed E-state index contributed by atoms with van der Waals surface area (Å²) in [7, 11) is 0. The van der Waals surface area contributed by atoms with Crippen molar-refractivity contribution in [2.45, 2.75) is 39.2 Å². The summed E-state index contributed by atoms with van der Waals surface area (Å²) in [6.07, 6.45) is 1.93. The van der Waals surface area contributed by atoms with Crippen LogP contribution in [0.1, 0.15) is 43.9 Å². The Morgan fingerprint density at radius 3 is 2.53 bits per heavy atom. The fourth-order valence-electron chi connectivity index (χ4n) is 3.32. The molecule has 1 saturated carbocycles. The van der Waals surface area contributed by atoms with Gasteiger partial charge in [0.1, 0.15) is 11.6 Å². The van der Waals surface area contributed by atoms with Crippen molar-refractivity contribution in [2.75, 3.05) is 5.32 Å². The Morgan fingerprint density at radius 2 is 1.88 bits per heavy atom. The first-order valence-electron chi connectivity index (χ1n) is 10.6. The monoisotopic (exact) mass is 436 g/mol. The number of nitrogens with one attached hydrogen (secondary N) is 2. The minimum atomic E-state index is -0.397. The molecule has 1 aliphatic carbocycles. The number of benzene rings is 2. The van der Waals surface area contributed by atoms with Gasteiger partial charge in [0.25, 0.3) is 0 Å². The number of anilines is 1. The molecule has 2 amide bonds. The van der Waals surface area contributed by atoms with Gasteiger partial charge in [-0.05, 0) is 54.8 Å². The zero-order valence-electron chi connectivity index (χ0n) is 17.9. The molecule has 0 bridgehead atoms. The number of nitrogens with zero attached hydrogens (tertiary/aromatic N) is 2. The Morgan fingerprint density at radius 1 is 1.16 bits per heavy atom. The highest BCUT2D eigenvalue weighted by Gasteiger charge is 2.30. The van der Waals surface area contributed by atoms with Crippen molar-refractivity contribution >= 4 is 17.6 Å². The topological polar surface area (TPSA) is 96.2 Å². The summed E-state index contributed by atoms with van der Waals surface area (Å²) in [4.78, 5) is 24.9. The Balaban J connectivity index is 1.58. The number of hydrogen-bond acceptors (Lipinski definition) is 4. The van der Waals surface area contributed by atoms with E-state index in [0.29, 0.717) is 16.9 Å². The van der Waals surface area contributed by atoms with Gasteiger partial charge in [-0.1, -0.05) is 26.0 Å². The van der Waals surface area contributed by atoms with E-state index in [9.17, 15) is 19.1 Å². The number of aromatic nitrogens is 2. The number of rotatable bonds is 6. The van der Waals surface area contributed by atoms with E-state index in [1.807, 2.05) is 0 Å². The second-order valence-corrected chi connectivity index (χ2v) is 8.30. The lowest BCUT2D eigenvalue weighted by atomic mass is 10.1. The number of carbonyl (C=O) groups is 2. The molecule has 0 aliphatic heterocycles. The maximum atomic E-state index is 13.1. The maximum Gasteiger partial charge on any atom is 0.342 e. The van der Waals surface area contributed by atoms with E-state index in [2.05, 4.69) is 15.7 Å². The summed E-state index contributed by atoms with van der Waals surface area (Å²) in [5.41, 5.74) is 2.96. The minimum Gasteiger partial charge on any atom is -0.507 e. The normalized spacial score (nSPS) is 13.2. The molecule has 7 nitrogen and oxygen atoms in total. The first kappa shape index (κ1) is 21.5. The second kappa shape index (κ2) is 8.82. The zero-order valence-corrected chi connectivity index (χ0v) is 17.9. The van der Waals surface area contributed by atoms with Crippen LogP contribution in [0.4, 0.5) is 14.9 Å². The molecule has 8 heteroatoms. The van der Waals surface area contributed by atoms with Gasteiger partial charge in [0.05, 0.1) is 11.4 Å². The van der Waals surface area contributed by atoms with Crippen LogP contribution >= 0.6 is 0 Å². The van der Waals surface area contributed by atoms with Gasteiger partial charge in [-0.3, -0.25) is 4.79 Å². The lowest BCUT2D eigenvalue weighted by Gasteiger charge is -2.10. The molecule has 0 atom stereocenters. The molecule has 1 aliphatic rings. The lowest BCUT2D eigenvalue weighted by molar-refractivity contribution is -0.118. The van der Waals surface area contributed by atoms with Crippen LogP contribution < -0.4 is 10.6 Å². The molecule has 32 heavy (non-hydrogen) atoms. The summed E-state index contributed by atoms with van der Waals surface area (Å²) in [6, 6.07) is 12.1. The molecule has 2 aromatic carbocycles. The van der Waals surface area contributed by atoms with Crippen molar-refractivity contribution in [3.05, 3.63) is 65.6 Å². The van der Waals surface area contributed by atoms with Gasteiger partial charge in [-0.25, -0.2) is 9.18 Å². The van der Waals surface area contributed by atoms with Crippen LogP contribution in [0.2, 0.25) is 0 Å². The third-order valence-corrected chi connectivity index (χ3v) is 5.35. The fraction of sp³-hybridized carbons (Fsp3) is 0.292. The van der Waals surface area contributed by atoms with Crippen LogP contribution in [0, 0.1) is 11.7 Å². The Labute approximate surface area is 185 Å². The number of amides is 2. The van der Waals surface area contributed by atoms with E-state index >= 15 is 0 Å². The lowest BCUT2D eigenvalue weighted by Crippen LogP contribution is -2.30. The Hall–Kier alpha value is -3.68. The van der Waals surface area contributed by atoms with E-state index in [1.165, 1.54) is 22.9 Å². The van der Waals surface area contributed by atoms with Crippen molar-refractivity contribution in [3.63, 3.8) is 0 Å². The van der Waals surface area contributed by atoms with Crippen LogP contribution in [-0.2, 0) is 11.3 Å². The summed E-state index contributed by atoms with van der Waals surface area (Å²) in [6.45, 7) is 3.83. The van der Waals surface area contributed by atoms with Crippen LogP contribution in [0.5, 0.6) is 5.75 Å². The molecular weight excluding hydrogens is 411 g/mol. The van der Waals surface area contributed by atoms with Crippen molar-refractivity contribution < 1.29 is 19.1 Å². The molecule has 166 valence electrons. The van der Waals surface area contributed by atoms with Gasteiger partial charge in [0, 0.05) is 29.6 Å². The Bertz CT molecular complexity index is 1150. The van der Waals surface area contributed by atoms with Crippen molar-refractivity contribution in [3.8, 4) is 17.0 Å². The molecular formula is C24H25FN4O3. The van der Waals surface area contributed by atoms with Crippen molar-refractivity contribution in [1.82, 2.24) is 15.1 Å². The van der Waals surface area contributed by atoms with E-state index in [0.717, 1.165) is 24.1 Å². The predicted molar refractivity (Wildman–Crippen MR) is 119 cm³/mol. The highest BCUT2D eigenvalue weighted by molar-refractivity contribution is 5.93. The Kier molecular flexibility index (Phi) is 5.94. The number of aromatic hydroxyl groups is 1. The number of carbonyl (C=O) groups excluding carboxylic acids is 2. The molecule has 3 aromatic rings. The smallest absolute Gasteiger partial charge is 0.342 e. The summed E-state index contributed by atoms with van der Waals surface area (Å²) in [5, 5.41) is 20.5. The van der Waals surface area contributed by atoms with Crippen molar-refractivity contribution in [1.29, 1.82) is 0 Å². The van der Waals surface area contributed by atoms with Crippen molar-refractivity contribution in [2.24, 2.45) is 5.92 Å². The third kappa shape index (κ3) is 4.80. The second-order valence-electron chi connectivity index (χ2n) is 8.30. The predicted octanol–water partition coefficient (Wildman–Crippen LogP) is 4.62. The van der Waals surface area contributed by atoms with Crippen LogP contribution in [-0.4, -0.2) is 26.8 Å². The maximum absolute atomic E-state index is 13.1. The number of phenolic OH excluding ortho intramolecular Hbond substituents is 1. The van der Waals surface area contributed by atoms with Crippen LogP contribution in [0.3, 0.4) is 0 Å². The first-order chi connectivity index (χ1) is 15.3. The minimum absolute atomic E-state index is 0.00580. The molecule has 1 aromatic heterocycles. The first-order valence-corrected chi connectivity index (χ1v) is 10.6. The number of phenols is 1. The number of halogens is 1. The zero-order chi connectivity index (χ0) is 22.8. The van der Waals surface area contributed by atoms with Gasteiger partial charge in [0.15, 0.2) is 0 Å². The average molecular weight is 436 g/mol. The quantitative estimate of drug-likeness (QED) is 0.491. The molecule has 3 N–H and O–H groups in total. The highest BCUT2D eigenvalue weighted by atomic mass is 19.1. The highest BCUT2D eigenvalue weighted by Crippen LogP contribution is 2.42. The third-order valence-electron chi connectivity index (χ3n) is 5.35. The van der Waals surface area contributed by atoms with Gasteiger partial charge in [0.2, 0.25) is 5.91 Å². The van der Waals surface area contributed by atoms with Gasteiger partial charge in [-0.2, -0.15) is 9.78 Å². The molecule has 0 unspecified atom stereocenters. The summed E-state index contributed by atoms with van der Waals surface area (Å²) in [5.74, 6) is -0.409. The fourth-order valence-corrected chi connectivity index (χ4v) is 3.32. The van der Waals surface area contributed by atoms with E-state index in [-0.39, 0.29) is 35.9 Å². The largest absolute Gasteiger partial charge is 0.507 e. The molecule has 1 fully saturated rings. The molecule has 0 radical (unpaired) electrons. The van der Waals surface area contributed by atoms with Gasteiger partial charge >= 0.3 is 6.03 Å². The van der Waals surface area contributed by atoms with E-state index in [4.69, 9.17) is 0 Å². The van der Waals surface area contributed by atoms with E-state index in [1.54, 1.807) is 44.2 Å². The van der Waals surface area contributed by atoms with Gasteiger partial charge in [-0.15, -0.1) is 0 Å². The molecule has 0 saturated heterocycles. The molecule has 0 spiro atoms. The van der Waals surface area contributed by atoms with Gasteiger partial charge < -0.3 is 15.7 Å². The van der Waals surface area contributed by atoms with E-state index < -0.39 is 6.03 Å². The summed E-state index contributed by atoms with van der Waals surface area (Å²) >= 11 is 0. The standard InChI is InChI=1S/C24H25FN4O3/c1-14(2)23(31)27-18-9-10-22(30)19(11-18)20-12-21(16-5-6-16)29(28-20)24(32)26-13-15-3-7-17(25)8-4-15/h3-4,7-12,14,16,30H,5-6,13H2,1-2H3,(H,26,32)(H,27,31). The van der Waals surface area contributed by atoms with Crippen LogP contribution in [0.25, 0.3) is 11.3 Å². The number of hydrogen-bond donors (Lipinski definition) is 3. The molecule has 4 rings (SSSR count). The summed E-state index contributed by atoms with van der Waals surface area (Å²) < 4.78 is 14.4. The molecule has 1 heterocycles.